The highest BCUT2D eigenvalue weighted by molar-refractivity contribution is 5.92. The van der Waals surface area contributed by atoms with Crippen LogP contribution in [0.4, 0.5) is 11.9 Å². The molecular weight excluding hydrogens is 507 g/mol. The number of rotatable bonds is 8. The third-order valence-electron chi connectivity index (χ3n) is 6.49. The fourth-order valence-electron chi connectivity index (χ4n) is 4.92. The van der Waals surface area contributed by atoms with Crippen molar-refractivity contribution in [2.45, 2.75) is 11.8 Å². The molecule has 0 spiro atoms. The number of nitrogens with two attached hydrogens (primary N) is 2. The average molecular weight is 535 g/mol. The van der Waals surface area contributed by atoms with Crippen LogP contribution in [0.15, 0.2) is 49.1 Å². The van der Waals surface area contributed by atoms with Crippen LogP contribution in [0.5, 0.6) is 0 Å². The lowest BCUT2D eigenvalue weighted by Gasteiger charge is -2.51. The lowest BCUT2D eigenvalue weighted by atomic mass is 9.54. The van der Waals surface area contributed by atoms with Gasteiger partial charge in [-0.2, -0.15) is 0 Å². The first-order valence-corrected chi connectivity index (χ1v) is 10.9. The molecule has 0 aromatic carbocycles. The molecule has 1 aliphatic carbocycles. The maximum Gasteiger partial charge on any atom is 0.267 e. The van der Waals surface area contributed by atoms with Crippen molar-refractivity contribution in [2.75, 3.05) is 24.6 Å². The second kappa shape index (κ2) is 11.2. The fourth-order valence-corrected chi connectivity index (χ4v) is 4.92. The summed E-state index contributed by atoms with van der Waals surface area (Å²) in [6.07, 6.45) is 6.82. The number of hydrogen-bond acceptors (Lipinski definition) is 6. The third-order valence-corrected chi connectivity index (χ3v) is 6.49. The first-order valence-electron chi connectivity index (χ1n) is 10.9. The summed E-state index contributed by atoms with van der Waals surface area (Å²) >= 11 is 0. The zero-order valence-corrected chi connectivity index (χ0v) is 20.7. The Morgan fingerprint density at radius 1 is 0.778 bits per heavy atom. The van der Waals surface area contributed by atoms with Crippen molar-refractivity contribution in [3.8, 4) is 0 Å². The molecule has 36 heavy (non-hydrogen) atoms. The van der Waals surface area contributed by atoms with Crippen LogP contribution in [0.2, 0.25) is 0 Å². The Morgan fingerprint density at radius 2 is 1.19 bits per heavy atom. The number of aromatic nitrogens is 6. The maximum atomic E-state index is 12.6. The monoisotopic (exact) mass is 534 g/mol. The van der Waals surface area contributed by atoms with Gasteiger partial charge in [-0.25, -0.2) is 9.97 Å². The molecule has 0 bridgehead atoms. The molecule has 14 heteroatoms. The minimum absolute atomic E-state index is 0. The summed E-state index contributed by atoms with van der Waals surface area (Å²) in [5.41, 5.74) is 14.4. The topological polar surface area (TPSA) is 199 Å². The number of carbonyl (C=O) groups excluding carboxylic acids is 2. The van der Waals surface area contributed by atoms with Crippen LogP contribution >= 0.6 is 24.8 Å². The highest BCUT2D eigenvalue weighted by Crippen LogP contribution is 2.56. The van der Waals surface area contributed by atoms with Gasteiger partial charge in [0.1, 0.15) is 11.4 Å². The molecule has 0 unspecified atom stereocenters. The molecule has 10 N–H and O–H groups in total. The smallest absolute Gasteiger partial charge is 0.267 e. The molecule has 4 aromatic heterocycles. The van der Waals surface area contributed by atoms with Gasteiger partial charge >= 0.3 is 0 Å². The Hall–Kier alpha value is -3.90. The Kier molecular flexibility index (Phi) is 8.33. The van der Waals surface area contributed by atoms with E-state index in [0.29, 0.717) is 36.4 Å². The van der Waals surface area contributed by atoms with E-state index in [4.69, 9.17) is 11.5 Å². The van der Waals surface area contributed by atoms with E-state index in [9.17, 15) is 9.59 Å². The Bertz CT molecular complexity index is 1170. The Labute approximate surface area is 218 Å². The van der Waals surface area contributed by atoms with Gasteiger partial charge in [0.15, 0.2) is 11.9 Å². The predicted octanol–water partition coefficient (Wildman–Crippen LogP) is 1.77. The number of amides is 2. The number of halogens is 2. The van der Waals surface area contributed by atoms with E-state index in [1.54, 1.807) is 49.1 Å². The zero-order valence-electron chi connectivity index (χ0n) is 19.0. The van der Waals surface area contributed by atoms with Gasteiger partial charge in [-0.1, -0.05) is 0 Å². The molecule has 0 radical (unpaired) electrons. The number of nitrogens with zero attached hydrogens (tertiary/aromatic N) is 2. The van der Waals surface area contributed by atoms with Gasteiger partial charge in [0.25, 0.3) is 11.8 Å². The largest absolute Gasteiger partial charge is 0.369 e. The van der Waals surface area contributed by atoms with Crippen LogP contribution in [0.3, 0.4) is 0 Å². The lowest BCUT2D eigenvalue weighted by molar-refractivity contribution is 0.0674. The van der Waals surface area contributed by atoms with Crippen LogP contribution in [0, 0.1) is 11.8 Å². The third kappa shape index (κ3) is 5.19. The van der Waals surface area contributed by atoms with Crippen molar-refractivity contribution in [2.24, 2.45) is 11.8 Å². The van der Waals surface area contributed by atoms with Crippen LogP contribution in [-0.2, 0) is 0 Å². The Balaban J connectivity index is 0.00000180. The molecule has 4 heterocycles. The molecule has 1 saturated carbocycles. The van der Waals surface area contributed by atoms with Crippen molar-refractivity contribution in [1.29, 1.82) is 0 Å². The van der Waals surface area contributed by atoms with E-state index in [0.717, 1.165) is 11.4 Å². The highest BCUT2D eigenvalue weighted by atomic mass is 35.5. The quantitative estimate of drug-likeness (QED) is 0.169. The van der Waals surface area contributed by atoms with Gasteiger partial charge in [0, 0.05) is 48.7 Å². The molecular formula is C22H28Cl2N10O2. The number of nitrogens with one attached hydrogen (secondary N) is 6. The van der Waals surface area contributed by atoms with Crippen LogP contribution in [-0.4, -0.2) is 54.8 Å². The second-order valence-corrected chi connectivity index (χ2v) is 8.41. The van der Waals surface area contributed by atoms with E-state index < -0.39 is 0 Å². The molecule has 1 aliphatic rings. The minimum Gasteiger partial charge on any atom is -0.369 e. The SMILES string of the molecule is Cl.Cl.Nc1ncc([C@H]2[C@H](CNC(=O)c3ccc[nH]3)[C@@H](CNC(=O)c3ccc[nH]3)[C@@H]2c2cnc(N)[nH]2)[nH]1. The van der Waals surface area contributed by atoms with Gasteiger partial charge in [0.05, 0.1) is 12.4 Å². The molecule has 0 saturated heterocycles. The summed E-state index contributed by atoms with van der Waals surface area (Å²) in [6, 6.07) is 6.97. The summed E-state index contributed by atoms with van der Waals surface area (Å²) in [4.78, 5) is 45.6. The molecule has 2 amide bonds. The molecule has 12 nitrogen and oxygen atoms in total. The van der Waals surface area contributed by atoms with Crippen molar-refractivity contribution < 1.29 is 9.59 Å². The summed E-state index contributed by atoms with van der Waals surface area (Å²) in [5.74, 6) is 0.0927. The fraction of sp³-hybridized carbons (Fsp3) is 0.273. The van der Waals surface area contributed by atoms with E-state index >= 15 is 0 Å². The first-order chi connectivity index (χ1) is 16.5. The molecule has 5 rings (SSSR count). The summed E-state index contributed by atoms with van der Waals surface area (Å²) in [5, 5.41) is 6.02. The van der Waals surface area contributed by atoms with Crippen LogP contribution < -0.4 is 22.1 Å². The second-order valence-electron chi connectivity index (χ2n) is 8.41. The number of nitrogen functional groups attached to an aromatic ring is 2. The summed E-state index contributed by atoms with van der Waals surface area (Å²) < 4.78 is 0. The number of imidazole rings is 2. The van der Waals surface area contributed by atoms with Crippen molar-refractivity contribution in [3.05, 3.63) is 71.8 Å². The normalized spacial score (nSPS) is 20.4. The minimum atomic E-state index is -0.198. The number of carbonyl (C=O) groups is 2. The van der Waals surface area contributed by atoms with Crippen molar-refractivity contribution in [1.82, 2.24) is 40.5 Å². The maximum absolute atomic E-state index is 12.6. The average Bonchev–Trinajstić information content (AvgIpc) is 3.61. The number of anilines is 2. The molecule has 192 valence electrons. The molecule has 4 atom stereocenters. The number of hydrogen-bond donors (Lipinski definition) is 8. The van der Waals surface area contributed by atoms with Gasteiger partial charge < -0.3 is 42.0 Å². The number of H-pyrrole nitrogens is 4. The van der Waals surface area contributed by atoms with Crippen molar-refractivity contribution >= 4 is 48.5 Å². The standard InChI is InChI=1S/C22H26N10O2.2ClH/c23-21-29-9-15(31-21)17-11(7-27-19(33)13-3-1-5-25-13)12(18(17)16-10-30-22(24)32-16)8-28-20(34)14-4-2-6-26-14;;/h1-6,9-12,17-18,25-26H,7-8H2,(H,27,33)(H,28,34)(H3,23,29,31)(H3,24,30,32);2*1H/t11-,12-,17-,18-;;/m1../s1. The molecule has 0 aliphatic heterocycles. The highest BCUT2D eigenvalue weighted by Gasteiger charge is 2.53. The zero-order chi connectivity index (χ0) is 23.7. The van der Waals surface area contributed by atoms with Gasteiger partial charge in [-0.05, 0) is 36.1 Å². The van der Waals surface area contributed by atoms with E-state index in [-0.39, 0.29) is 60.3 Å². The van der Waals surface area contributed by atoms with E-state index in [2.05, 4.69) is 40.5 Å². The molecule has 4 aromatic rings. The van der Waals surface area contributed by atoms with Crippen molar-refractivity contribution in [3.63, 3.8) is 0 Å². The van der Waals surface area contributed by atoms with Gasteiger partial charge in [0.2, 0.25) is 0 Å². The van der Waals surface area contributed by atoms with E-state index in [1.807, 2.05) is 0 Å². The van der Waals surface area contributed by atoms with Gasteiger partial charge in [-0.15, -0.1) is 24.8 Å². The van der Waals surface area contributed by atoms with Gasteiger partial charge in [-0.3, -0.25) is 9.59 Å². The van der Waals surface area contributed by atoms with Crippen LogP contribution in [0.25, 0.3) is 0 Å². The predicted molar refractivity (Wildman–Crippen MR) is 139 cm³/mol. The van der Waals surface area contributed by atoms with E-state index in [1.165, 1.54) is 0 Å². The Morgan fingerprint density at radius 3 is 1.50 bits per heavy atom. The first kappa shape index (κ1) is 26.7. The van der Waals surface area contributed by atoms with Crippen LogP contribution in [0.1, 0.15) is 44.2 Å². The summed E-state index contributed by atoms with van der Waals surface area (Å²) in [6.45, 7) is 0.787. The summed E-state index contributed by atoms with van der Waals surface area (Å²) in [7, 11) is 0. The number of aromatic amines is 4. The molecule has 1 fully saturated rings. The lowest BCUT2D eigenvalue weighted by Crippen LogP contribution is -2.53.